The van der Waals surface area contributed by atoms with Crippen molar-refractivity contribution in [1.82, 2.24) is 4.90 Å². The van der Waals surface area contributed by atoms with Crippen molar-refractivity contribution in [3.63, 3.8) is 0 Å². The summed E-state index contributed by atoms with van der Waals surface area (Å²) in [6.45, 7) is 4.89. The van der Waals surface area contributed by atoms with Gasteiger partial charge in [0.2, 0.25) is 0 Å². The summed E-state index contributed by atoms with van der Waals surface area (Å²) in [5.74, 6) is 0.116. The maximum Gasteiger partial charge on any atom is 0.320 e. The molecule has 1 aliphatic rings. The van der Waals surface area contributed by atoms with Crippen LogP contribution in [0, 0.1) is 0 Å². The minimum Gasteiger partial charge on any atom is -0.465 e. The first-order chi connectivity index (χ1) is 7.48. The van der Waals surface area contributed by atoms with E-state index in [1.54, 1.807) is 6.92 Å². The lowest BCUT2D eigenvalue weighted by Gasteiger charge is -2.25. The highest BCUT2D eigenvalue weighted by Gasteiger charge is 2.32. The van der Waals surface area contributed by atoms with E-state index in [1.165, 1.54) is 0 Å². The van der Waals surface area contributed by atoms with Gasteiger partial charge in [0, 0.05) is 6.04 Å². The van der Waals surface area contributed by atoms with Crippen molar-refractivity contribution in [2.45, 2.75) is 26.3 Å². The molecule has 0 saturated carbocycles. The van der Waals surface area contributed by atoms with Gasteiger partial charge in [-0.15, -0.1) is 0 Å². The fourth-order valence-electron chi connectivity index (χ4n) is 1.93. The van der Waals surface area contributed by atoms with Crippen LogP contribution in [0.25, 0.3) is 0 Å². The van der Waals surface area contributed by atoms with Gasteiger partial charge in [-0.05, 0) is 19.9 Å². The SMILES string of the molecule is CCOC(=O)CN(CC)C1CCS(=O)(=O)C1. The number of hydrogen-bond donors (Lipinski definition) is 0. The molecule has 1 atom stereocenters. The van der Waals surface area contributed by atoms with Gasteiger partial charge in [-0.1, -0.05) is 6.92 Å². The molecule has 0 aliphatic carbocycles. The van der Waals surface area contributed by atoms with Crippen LogP contribution in [-0.2, 0) is 19.4 Å². The van der Waals surface area contributed by atoms with E-state index in [-0.39, 0.29) is 30.1 Å². The minimum absolute atomic E-state index is 0.0283. The zero-order valence-corrected chi connectivity index (χ0v) is 10.6. The Morgan fingerprint density at radius 1 is 1.44 bits per heavy atom. The lowest BCUT2D eigenvalue weighted by molar-refractivity contribution is -0.144. The summed E-state index contributed by atoms with van der Waals surface area (Å²) in [6, 6.07) is -0.0283. The van der Waals surface area contributed by atoms with E-state index in [4.69, 9.17) is 4.74 Å². The molecule has 1 unspecified atom stereocenters. The van der Waals surface area contributed by atoms with E-state index in [2.05, 4.69) is 0 Å². The molecule has 0 spiro atoms. The van der Waals surface area contributed by atoms with Crippen LogP contribution in [0.5, 0.6) is 0 Å². The van der Waals surface area contributed by atoms with E-state index < -0.39 is 9.84 Å². The van der Waals surface area contributed by atoms with Gasteiger partial charge in [0.25, 0.3) is 0 Å². The van der Waals surface area contributed by atoms with Crippen molar-refractivity contribution >= 4 is 15.8 Å². The number of rotatable bonds is 5. The van der Waals surface area contributed by atoms with Crippen LogP contribution in [0.15, 0.2) is 0 Å². The molecule has 1 heterocycles. The number of ether oxygens (including phenoxy) is 1. The molecule has 16 heavy (non-hydrogen) atoms. The fourth-order valence-corrected chi connectivity index (χ4v) is 3.70. The highest BCUT2D eigenvalue weighted by Crippen LogP contribution is 2.17. The van der Waals surface area contributed by atoms with Gasteiger partial charge < -0.3 is 4.74 Å². The molecule has 0 aromatic carbocycles. The maximum atomic E-state index is 11.3. The molecule has 0 radical (unpaired) electrons. The van der Waals surface area contributed by atoms with Gasteiger partial charge >= 0.3 is 5.97 Å². The second kappa shape index (κ2) is 5.63. The third kappa shape index (κ3) is 3.75. The van der Waals surface area contributed by atoms with Crippen LogP contribution in [0.2, 0.25) is 0 Å². The summed E-state index contributed by atoms with van der Waals surface area (Å²) in [6.07, 6.45) is 0.621. The van der Waals surface area contributed by atoms with Gasteiger partial charge in [0.1, 0.15) is 0 Å². The van der Waals surface area contributed by atoms with Crippen LogP contribution in [0.4, 0.5) is 0 Å². The average Bonchev–Trinajstić information content (AvgIpc) is 2.55. The highest BCUT2D eigenvalue weighted by atomic mass is 32.2. The third-order valence-corrected chi connectivity index (χ3v) is 4.52. The van der Waals surface area contributed by atoms with Gasteiger partial charge in [0.05, 0.1) is 24.7 Å². The van der Waals surface area contributed by atoms with E-state index in [0.717, 1.165) is 0 Å². The summed E-state index contributed by atoms with van der Waals surface area (Å²) < 4.78 is 27.5. The molecule has 1 rings (SSSR count). The van der Waals surface area contributed by atoms with Gasteiger partial charge in [0.15, 0.2) is 9.84 Å². The summed E-state index contributed by atoms with van der Waals surface area (Å²) >= 11 is 0. The van der Waals surface area contributed by atoms with Gasteiger partial charge in [-0.2, -0.15) is 0 Å². The van der Waals surface area contributed by atoms with E-state index >= 15 is 0 Å². The van der Waals surface area contributed by atoms with Crippen molar-refractivity contribution in [2.75, 3.05) is 31.2 Å². The molecule has 0 amide bonds. The molecule has 0 bridgehead atoms. The minimum atomic E-state index is -2.89. The van der Waals surface area contributed by atoms with Gasteiger partial charge in [-0.25, -0.2) is 8.42 Å². The summed E-state index contributed by atoms with van der Waals surface area (Å²) in [5.41, 5.74) is 0. The molecule has 1 fully saturated rings. The normalized spacial score (nSPS) is 23.6. The summed E-state index contributed by atoms with van der Waals surface area (Å²) in [5, 5.41) is 0. The third-order valence-electron chi connectivity index (χ3n) is 2.77. The Morgan fingerprint density at radius 2 is 2.12 bits per heavy atom. The topological polar surface area (TPSA) is 63.7 Å². The van der Waals surface area contributed by atoms with E-state index in [9.17, 15) is 13.2 Å². The van der Waals surface area contributed by atoms with Crippen molar-refractivity contribution in [2.24, 2.45) is 0 Å². The van der Waals surface area contributed by atoms with Crippen LogP contribution in [0.3, 0.4) is 0 Å². The molecule has 6 heteroatoms. The number of hydrogen-bond acceptors (Lipinski definition) is 5. The first-order valence-electron chi connectivity index (χ1n) is 5.58. The number of esters is 1. The van der Waals surface area contributed by atoms with Crippen LogP contribution >= 0.6 is 0 Å². The number of carbonyl (C=O) groups excluding carboxylic acids is 1. The Kier molecular flexibility index (Phi) is 4.73. The van der Waals surface area contributed by atoms with Crippen LogP contribution < -0.4 is 0 Å². The largest absolute Gasteiger partial charge is 0.465 e. The molecular formula is C10H19NO4S. The monoisotopic (exact) mass is 249 g/mol. The van der Waals surface area contributed by atoms with Crippen molar-refractivity contribution in [1.29, 1.82) is 0 Å². The fraction of sp³-hybridized carbons (Fsp3) is 0.900. The van der Waals surface area contributed by atoms with Crippen LogP contribution in [0.1, 0.15) is 20.3 Å². The second-order valence-electron chi connectivity index (χ2n) is 3.92. The average molecular weight is 249 g/mol. The molecule has 0 aromatic rings. The van der Waals surface area contributed by atoms with Crippen molar-refractivity contribution < 1.29 is 17.9 Å². The Morgan fingerprint density at radius 3 is 2.56 bits per heavy atom. The predicted octanol–water partition coefficient (Wildman–Crippen LogP) is 0.0585. The molecule has 0 N–H and O–H groups in total. The summed E-state index contributed by atoms with van der Waals surface area (Å²) in [7, 11) is -2.89. The molecule has 94 valence electrons. The van der Waals surface area contributed by atoms with Gasteiger partial charge in [-0.3, -0.25) is 9.69 Å². The maximum absolute atomic E-state index is 11.3. The van der Waals surface area contributed by atoms with Crippen LogP contribution in [-0.4, -0.2) is 56.5 Å². The smallest absolute Gasteiger partial charge is 0.320 e. The lowest BCUT2D eigenvalue weighted by atomic mass is 10.2. The number of nitrogens with zero attached hydrogens (tertiary/aromatic N) is 1. The second-order valence-corrected chi connectivity index (χ2v) is 6.15. The molecule has 5 nitrogen and oxygen atoms in total. The first-order valence-corrected chi connectivity index (χ1v) is 7.40. The predicted molar refractivity (Wildman–Crippen MR) is 60.9 cm³/mol. The van der Waals surface area contributed by atoms with E-state index in [0.29, 0.717) is 19.6 Å². The molecule has 0 aromatic heterocycles. The standard InChI is InChI=1S/C10H19NO4S/c1-3-11(7-10(12)15-4-2)9-5-6-16(13,14)8-9/h9H,3-8H2,1-2H3. The zero-order valence-electron chi connectivity index (χ0n) is 9.81. The Labute approximate surface area is 96.7 Å². The molecule has 1 saturated heterocycles. The number of sulfone groups is 1. The zero-order chi connectivity index (χ0) is 12.2. The van der Waals surface area contributed by atoms with E-state index in [1.807, 2.05) is 11.8 Å². The molecule has 1 aliphatic heterocycles. The summed E-state index contributed by atoms with van der Waals surface area (Å²) in [4.78, 5) is 13.2. The Balaban J connectivity index is 2.52. The first kappa shape index (κ1) is 13.4. The number of carbonyl (C=O) groups is 1. The van der Waals surface area contributed by atoms with Crippen molar-refractivity contribution in [3.8, 4) is 0 Å². The van der Waals surface area contributed by atoms with Crippen molar-refractivity contribution in [3.05, 3.63) is 0 Å². The highest BCUT2D eigenvalue weighted by molar-refractivity contribution is 7.91. The lowest BCUT2D eigenvalue weighted by Crippen LogP contribution is -2.40. The quantitative estimate of drug-likeness (QED) is 0.645. The Bertz CT molecular complexity index is 339. The Hall–Kier alpha value is -0.620. The molecular weight excluding hydrogens is 230 g/mol. The number of likely N-dealkylation sites (N-methyl/N-ethyl adjacent to an activating group) is 1.